The number of halogens is 1. The van der Waals surface area contributed by atoms with Gasteiger partial charge in [-0.15, -0.1) is 0 Å². The van der Waals surface area contributed by atoms with Crippen LogP contribution in [0, 0.1) is 5.82 Å². The van der Waals surface area contributed by atoms with Gasteiger partial charge in [0.2, 0.25) is 0 Å². The molecule has 32 heavy (non-hydrogen) atoms. The van der Waals surface area contributed by atoms with Gasteiger partial charge in [-0.05, 0) is 36.4 Å². The minimum Gasteiger partial charge on any atom is -0.497 e. The van der Waals surface area contributed by atoms with Crippen LogP contribution in [-0.2, 0) is 9.53 Å². The lowest BCUT2D eigenvalue weighted by molar-refractivity contribution is -0.143. The maximum Gasteiger partial charge on any atom is 0.329 e. The van der Waals surface area contributed by atoms with Gasteiger partial charge in [-0.25, -0.2) is 9.18 Å². The lowest BCUT2D eigenvalue weighted by atomic mass is 10.0. The van der Waals surface area contributed by atoms with Crippen LogP contribution in [0.2, 0.25) is 0 Å². The summed E-state index contributed by atoms with van der Waals surface area (Å²) in [6.07, 6.45) is -0.201. The summed E-state index contributed by atoms with van der Waals surface area (Å²) >= 11 is 0. The van der Waals surface area contributed by atoms with Crippen LogP contribution in [-0.4, -0.2) is 37.3 Å². The van der Waals surface area contributed by atoms with Crippen LogP contribution in [0.3, 0.4) is 0 Å². The monoisotopic (exact) mass is 435 g/mol. The van der Waals surface area contributed by atoms with Crippen molar-refractivity contribution in [3.8, 4) is 5.75 Å². The number of Topliss-reactive ketones (excluding diaryl/α,β-unsaturated/α-hetero) is 2. The molecule has 0 spiro atoms. The lowest BCUT2D eigenvalue weighted by Gasteiger charge is -2.18. The van der Waals surface area contributed by atoms with Crippen molar-refractivity contribution >= 4 is 23.2 Å². The Balaban J connectivity index is 1.70. The Bertz CT molecular complexity index is 1080. The quantitative estimate of drug-likeness (QED) is 0.377. The Hall–Kier alpha value is -4.00. The molecule has 0 aromatic heterocycles. The fraction of sp³-hybridized carbons (Fsp3) is 0.160. The Kier molecular flexibility index (Phi) is 7.70. The van der Waals surface area contributed by atoms with Gasteiger partial charge in [0.25, 0.3) is 0 Å². The van der Waals surface area contributed by atoms with Crippen molar-refractivity contribution in [3.05, 3.63) is 95.8 Å². The Morgan fingerprint density at radius 2 is 1.56 bits per heavy atom. The molecule has 0 saturated heterocycles. The van der Waals surface area contributed by atoms with E-state index in [0.717, 1.165) is 0 Å². The van der Waals surface area contributed by atoms with Crippen molar-refractivity contribution in [3.63, 3.8) is 0 Å². The molecule has 6 nitrogen and oxygen atoms in total. The Morgan fingerprint density at radius 1 is 0.875 bits per heavy atom. The Morgan fingerprint density at radius 3 is 2.25 bits per heavy atom. The highest BCUT2D eigenvalue weighted by Crippen LogP contribution is 2.16. The number of carbonyl (C=O) groups is 3. The minimum atomic E-state index is -1.06. The molecule has 3 aromatic carbocycles. The average Bonchev–Trinajstić information content (AvgIpc) is 2.83. The molecule has 7 heteroatoms. The van der Waals surface area contributed by atoms with Gasteiger partial charge in [0.05, 0.1) is 7.11 Å². The fourth-order valence-electron chi connectivity index (χ4n) is 2.98. The third-order valence-electron chi connectivity index (χ3n) is 4.69. The van der Waals surface area contributed by atoms with Gasteiger partial charge in [0.15, 0.2) is 18.2 Å². The summed E-state index contributed by atoms with van der Waals surface area (Å²) in [5, 5.41) is 2.90. The van der Waals surface area contributed by atoms with Gasteiger partial charge < -0.3 is 14.8 Å². The van der Waals surface area contributed by atoms with Gasteiger partial charge in [0.1, 0.15) is 17.6 Å². The second-order valence-electron chi connectivity index (χ2n) is 6.96. The van der Waals surface area contributed by atoms with Gasteiger partial charge in [0, 0.05) is 23.2 Å². The topological polar surface area (TPSA) is 81.7 Å². The predicted octanol–water partition coefficient (Wildman–Crippen LogP) is 4.31. The van der Waals surface area contributed by atoms with Crippen LogP contribution in [0.25, 0.3) is 0 Å². The van der Waals surface area contributed by atoms with Crippen LogP contribution in [0.15, 0.2) is 78.9 Å². The van der Waals surface area contributed by atoms with Crippen molar-refractivity contribution in [1.82, 2.24) is 0 Å². The summed E-state index contributed by atoms with van der Waals surface area (Å²) in [4.78, 5) is 37.8. The van der Waals surface area contributed by atoms with E-state index in [9.17, 15) is 18.8 Å². The molecule has 0 aliphatic heterocycles. The second kappa shape index (κ2) is 10.9. The van der Waals surface area contributed by atoms with Crippen LogP contribution in [0.4, 0.5) is 10.1 Å². The van der Waals surface area contributed by atoms with Gasteiger partial charge in [-0.1, -0.05) is 42.5 Å². The minimum absolute atomic E-state index is 0.201. The SMILES string of the molecule is COc1cccc(C(=O)COC(=O)C(CC(=O)c2ccccc2)Nc2ccc(F)cc2)c1. The van der Waals surface area contributed by atoms with Crippen LogP contribution < -0.4 is 10.1 Å². The number of nitrogens with one attached hydrogen (secondary N) is 1. The van der Waals surface area contributed by atoms with E-state index in [4.69, 9.17) is 9.47 Å². The zero-order valence-corrected chi connectivity index (χ0v) is 17.4. The fourth-order valence-corrected chi connectivity index (χ4v) is 2.98. The lowest BCUT2D eigenvalue weighted by Crippen LogP contribution is -2.34. The second-order valence-corrected chi connectivity index (χ2v) is 6.96. The Labute approximate surface area is 185 Å². The summed E-state index contributed by atoms with van der Waals surface area (Å²) < 4.78 is 23.5. The highest BCUT2D eigenvalue weighted by molar-refractivity contribution is 6.01. The van der Waals surface area contributed by atoms with Gasteiger partial charge >= 0.3 is 5.97 Å². The first-order valence-electron chi connectivity index (χ1n) is 9.90. The first kappa shape index (κ1) is 22.7. The molecule has 3 aromatic rings. The molecule has 0 bridgehead atoms. The van der Waals surface area contributed by atoms with Crippen LogP contribution >= 0.6 is 0 Å². The van der Waals surface area contributed by atoms with Gasteiger partial charge in [-0.3, -0.25) is 9.59 Å². The largest absolute Gasteiger partial charge is 0.497 e. The zero-order valence-electron chi connectivity index (χ0n) is 17.4. The number of rotatable bonds is 10. The molecule has 0 aliphatic rings. The normalized spacial score (nSPS) is 11.3. The van der Waals surface area contributed by atoms with Crippen molar-refractivity contribution in [2.24, 2.45) is 0 Å². The molecule has 0 amide bonds. The van der Waals surface area contributed by atoms with E-state index in [0.29, 0.717) is 22.6 Å². The number of ketones is 2. The highest BCUT2D eigenvalue weighted by atomic mass is 19.1. The summed E-state index contributed by atoms with van der Waals surface area (Å²) in [5.41, 5.74) is 1.22. The molecule has 1 N–H and O–H groups in total. The third-order valence-corrected chi connectivity index (χ3v) is 4.69. The van der Waals surface area contributed by atoms with Gasteiger partial charge in [-0.2, -0.15) is 0 Å². The number of ether oxygens (including phenoxy) is 2. The van der Waals surface area contributed by atoms with E-state index in [1.165, 1.54) is 31.4 Å². The number of methoxy groups -OCH3 is 1. The maximum absolute atomic E-state index is 13.2. The standard InChI is InChI=1S/C25H22FNO5/c1-31-21-9-5-8-18(14-21)24(29)16-32-25(30)22(27-20-12-10-19(26)11-13-20)15-23(28)17-6-3-2-4-7-17/h2-14,22,27H,15-16H2,1H3. The third kappa shape index (κ3) is 6.25. The van der Waals surface area contributed by atoms with Crippen molar-refractivity contribution in [2.75, 3.05) is 19.0 Å². The summed E-state index contributed by atoms with van der Waals surface area (Å²) in [7, 11) is 1.49. The molecular weight excluding hydrogens is 413 g/mol. The summed E-state index contributed by atoms with van der Waals surface area (Å²) in [5.74, 6) is -1.38. The summed E-state index contributed by atoms with van der Waals surface area (Å²) in [6, 6.07) is 19.3. The predicted molar refractivity (Wildman–Crippen MR) is 117 cm³/mol. The molecule has 0 heterocycles. The number of anilines is 1. The van der Waals surface area contributed by atoms with E-state index < -0.39 is 30.2 Å². The van der Waals surface area contributed by atoms with Crippen molar-refractivity contribution in [2.45, 2.75) is 12.5 Å². The molecule has 0 fully saturated rings. The molecule has 0 radical (unpaired) electrons. The average molecular weight is 435 g/mol. The summed E-state index contributed by atoms with van der Waals surface area (Å²) in [6.45, 7) is -0.493. The number of carbonyl (C=O) groups excluding carboxylic acids is 3. The molecule has 3 rings (SSSR count). The molecule has 1 unspecified atom stereocenters. The number of hydrogen-bond donors (Lipinski definition) is 1. The molecular formula is C25H22FNO5. The van der Waals surface area contributed by atoms with E-state index in [1.54, 1.807) is 54.6 Å². The van der Waals surface area contributed by atoms with E-state index in [-0.39, 0.29) is 12.2 Å². The van der Waals surface area contributed by atoms with E-state index >= 15 is 0 Å². The zero-order chi connectivity index (χ0) is 22.9. The van der Waals surface area contributed by atoms with Crippen molar-refractivity contribution in [1.29, 1.82) is 0 Å². The van der Waals surface area contributed by atoms with Crippen LogP contribution in [0.5, 0.6) is 5.75 Å². The van der Waals surface area contributed by atoms with Crippen LogP contribution in [0.1, 0.15) is 27.1 Å². The molecule has 0 saturated carbocycles. The van der Waals surface area contributed by atoms with E-state index in [2.05, 4.69) is 5.32 Å². The number of esters is 1. The molecule has 164 valence electrons. The van der Waals surface area contributed by atoms with E-state index in [1.807, 2.05) is 0 Å². The van der Waals surface area contributed by atoms with Crippen molar-refractivity contribution < 1.29 is 28.2 Å². The molecule has 0 aliphatic carbocycles. The molecule has 1 atom stereocenters. The highest BCUT2D eigenvalue weighted by Gasteiger charge is 2.25. The number of hydrogen-bond acceptors (Lipinski definition) is 6. The number of benzene rings is 3. The maximum atomic E-state index is 13.2. The smallest absolute Gasteiger partial charge is 0.329 e. The first-order chi connectivity index (χ1) is 15.5. The first-order valence-corrected chi connectivity index (χ1v) is 9.90.